The molecule has 4 aliphatic carbocycles. The van der Waals surface area contributed by atoms with Gasteiger partial charge < -0.3 is 80.5 Å². The number of carboxylic acid groups (broad SMARTS) is 1. The monoisotopic (exact) mass is 1750 g/mol. The van der Waals surface area contributed by atoms with Gasteiger partial charge in [0.05, 0.1) is 6.04 Å². The number of amides is 9. The Balaban J connectivity index is 0.000000201. The van der Waals surface area contributed by atoms with E-state index in [1.807, 2.05) is 146 Å². The van der Waals surface area contributed by atoms with Crippen molar-refractivity contribution >= 4 is 95.1 Å². The molecule has 9 aromatic rings. The zero-order chi connectivity index (χ0) is 91.0. The van der Waals surface area contributed by atoms with Gasteiger partial charge in [0.15, 0.2) is 17.7 Å². The van der Waals surface area contributed by atoms with Gasteiger partial charge in [-0.15, -0.1) is 15.3 Å². The molecule has 6 aromatic carbocycles. The Labute approximate surface area is 737 Å². The molecule has 0 bridgehead atoms. The van der Waals surface area contributed by atoms with E-state index in [0.29, 0.717) is 32.2 Å². The van der Waals surface area contributed by atoms with Crippen LogP contribution in [-0.4, -0.2) is 197 Å². The molecule has 0 radical (unpaired) electrons. The Hall–Kier alpha value is -15.0. The number of H-pyrrole nitrogens is 3. The van der Waals surface area contributed by atoms with Crippen LogP contribution in [0.4, 0.5) is 27.4 Å². The summed E-state index contributed by atoms with van der Waals surface area (Å²) in [5.41, 5.74) is 38.2. The lowest BCUT2D eigenvalue weighted by atomic mass is 9.84. The highest BCUT2D eigenvalue weighted by atomic mass is 16.6. The van der Waals surface area contributed by atoms with E-state index in [2.05, 4.69) is 116 Å². The number of carbonyl (C=O) groups excluding carboxylic acids is 10. The standard InChI is InChI=1S/C44H54N10O6.C27H41N11O4.C18H14N4O4/c1-27(55)36(24-28-14-5-3-6-15-28)49-39(56)35(22-13-23-47-42(45)46-2)48-40(57)37(25-29-16-7-4-8-17-29)50-41(58)38-51-43(54-53-38)52-44(59)60-26-34-32-20-11-9-18-30(32)31-19-10-12-21-33(31)34;28-21(39)19(14-16-8-3-1-4-9-16)34-23(40)18(12-7-13-32-26(29)30)33-24(41)20(15-17-10-5-2-6-11-17)35-25(42)22-36-27(31)38-37-22;23-16(24)15-19-17(22-21-15)20-18(25)26-9-14-12-7-3-1-5-10(12)11-6-2-4-8-13(11)14/h3,5-6,9-12,14-15,18-21,29,34-37H,4,7-8,13,16-17,22-26H2,1-2H3,(H,48,57)(H,49,56)(H,50,58)(H3,45,46,47)(H2,51,52,53,54,59);1,3-4,8-9,17-20H,2,5-7,10-15H2,(H2,28,39)(H,33,41)(H,34,40)(H,35,42)(H4,29,30,32)(H3,31,36,37,38);1-8,14H,9H2,(H,23,24)(H2,19,20,21,22,25)/t35-,36-,37-;18-,19-,20-;/m00./s1. The van der Waals surface area contributed by atoms with Crippen LogP contribution in [0.15, 0.2) is 168 Å². The number of Topliss-reactive ketones (excluding diaryl/α,β-unsaturated/α-hetero) is 1. The van der Waals surface area contributed by atoms with Crippen LogP contribution in [-0.2, 0) is 51.1 Å². The van der Waals surface area contributed by atoms with Crippen LogP contribution in [0.3, 0.4) is 0 Å². The number of nitrogens with two attached hydrogens (primary N) is 5. The van der Waals surface area contributed by atoms with E-state index in [4.69, 9.17) is 43.2 Å². The number of primary amides is 1. The number of hydrogen-bond acceptors (Lipinski definition) is 22. The number of aromatic carboxylic acids is 1. The average molecular weight is 1750 g/mol. The maximum absolute atomic E-state index is 14.1. The lowest BCUT2D eigenvalue weighted by Crippen LogP contribution is -2.57. The van der Waals surface area contributed by atoms with Crippen LogP contribution in [0.2, 0.25) is 0 Å². The molecule has 13 rings (SSSR count). The molecule has 674 valence electrons. The maximum Gasteiger partial charge on any atom is 0.414 e. The number of nitrogen functional groups attached to an aromatic ring is 1. The summed E-state index contributed by atoms with van der Waals surface area (Å²) in [4.78, 5) is 162. The number of ketones is 1. The van der Waals surface area contributed by atoms with Crippen LogP contribution in [0.1, 0.15) is 187 Å². The lowest BCUT2D eigenvalue weighted by Gasteiger charge is -2.28. The van der Waals surface area contributed by atoms with Crippen molar-refractivity contribution in [1.29, 1.82) is 0 Å². The Morgan fingerprint density at radius 1 is 0.461 bits per heavy atom. The number of benzene rings is 6. The predicted molar refractivity (Wildman–Crippen MR) is 475 cm³/mol. The number of hydrogen-bond donors (Lipinski definition) is 18. The Morgan fingerprint density at radius 2 is 0.844 bits per heavy atom. The van der Waals surface area contributed by atoms with Crippen molar-refractivity contribution in [2.45, 2.75) is 171 Å². The number of rotatable bonds is 37. The van der Waals surface area contributed by atoms with Crippen molar-refractivity contribution < 1.29 is 67.3 Å². The van der Waals surface area contributed by atoms with Crippen LogP contribution >= 0.6 is 0 Å². The number of aromatic nitrogens is 9. The Kier molecular flexibility index (Phi) is 34.2. The van der Waals surface area contributed by atoms with Gasteiger partial charge in [0.25, 0.3) is 23.7 Å². The molecule has 0 saturated heterocycles. The van der Waals surface area contributed by atoms with Gasteiger partial charge in [0.1, 0.15) is 43.4 Å². The van der Waals surface area contributed by atoms with E-state index in [9.17, 15) is 52.7 Å². The summed E-state index contributed by atoms with van der Waals surface area (Å²) >= 11 is 0. The maximum atomic E-state index is 14.1. The van der Waals surface area contributed by atoms with Crippen molar-refractivity contribution in [1.82, 2.24) is 82.8 Å². The number of anilines is 3. The minimum atomic E-state index is -1.27. The number of aliphatic imine (C=N–C) groups is 2. The minimum absolute atomic E-state index is 0.0603. The molecule has 0 aliphatic heterocycles. The number of guanidine groups is 2. The van der Waals surface area contributed by atoms with Gasteiger partial charge in [-0.1, -0.05) is 222 Å². The molecule has 39 heteroatoms. The summed E-state index contributed by atoms with van der Waals surface area (Å²) in [6.45, 7) is 2.24. The van der Waals surface area contributed by atoms with E-state index >= 15 is 0 Å². The second kappa shape index (κ2) is 46.7. The molecule has 9 amide bonds. The summed E-state index contributed by atoms with van der Waals surface area (Å²) < 4.78 is 10.9. The molecule has 23 N–H and O–H groups in total. The predicted octanol–water partition coefficient (Wildman–Crippen LogP) is 6.42. The van der Waals surface area contributed by atoms with Gasteiger partial charge in [-0.05, 0) is 119 Å². The molecule has 0 unspecified atom stereocenters. The highest BCUT2D eigenvalue weighted by molar-refractivity contribution is 5.99. The third-order valence-electron chi connectivity index (χ3n) is 22.5. The van der Waals surface area contributed by atoms with Crippen LogP contribution < -0.4 is 76.5 Å². The fraction of sp³-hybridized carbons (Fsp3) is 0.382. The SMILES string of the molecule is CN=C(N)NCCC[C@H](NC(=O)[C@H](CC1CCCCC1)NC(=O)c1nc(NC(=O)OCC2c3ccccc3-c3ccccc32)n[nH]1)C(=O)N[C@@H](Cc1ccccc1)C(C)=O.NC(=O)[C@H](Cc1ccccc1)NC(=O)[C@H](CCCN=C(N)N)NC(=O)[C@H](CC1CCCCC1)NC(=O)c1nc(N)n[nH]1.O=C(Nc1n[nH]c(C(=O)O)n1)OCC1c2ccccc2-c2ccccc21. The highest BCUT2D eigenvalue weighted by Gasteiger charge is 2.37. The summed E-state index contributed by atoms with van der Waals surface area (Å²) in [5, 5.41) is 51.6. The number of fused-ring (bicyclic) bond motifs is 6. The third-order valence-corrected chi connectivity index (χ3v) is 22.5. The number of nitrogens with one attached hydrogen (secondary N) is 12. The molecule has 0 spiro atoms. The van der Waals surface area contributed by atoms with Gasteiger partial charge >= 0.3 is 18.2 Å². The van der Waals surface area contributed by atoms with Crippen molar-refractivity contribution in [3.8, 4) is 22.3 Å². The smallest absolute Gasteiger partial charge is 0.414 e. The highest BCUT2D eigenvalue weighted by Crippen LogP contribution is 2.46. The Morgan fingerprint density at radius 3 is 1.25 bits per heavy atom. The zero-order valence-corrected chi connectivity index (χ0v) is 71.1. The molecule has 128 heavy (non-hydrogen) atoms. The summed E-state index contributed by atoms with van der Waals surface area (Å²) in [5.74, 6) is -6.68. The van der Waals surface area contributed by atoms with Gasteiger partial charge in [0.2, 0.25) is 53.0 Å². The molecular formula is C89H109N25O14. The molecule has 3 aromatic heterocycles. The quantitative estimate of drug-likeness (QED) is 0.0113. The number of ether oxygens (including phenoxy) is 2. The first-order chi connectivity index (χ1) is 61.8. The third kappa shape index (κ3) is 27.3. The lowest BCUT2D eigenvalue weighted by molar-refractivity contribution is -0.132. The first-order valence-electron chi connectivity index (χ1n) is 42.6. The first kappa shape index (κ1) is 93.7. The number of carboxylic acids is 1. The summed E-state index contributed by atoms with van der Waals surface area (Å²) in [7, 11) is 1.55. The second-order valence-electron chi connectivity index (χ2n) is 31.6. The van der Waals surface area contributed by atoms with Crippen LogP contribution in [0.25, 0.3) is 22.3 Å². The normalized spacial score (nSPS) is 14.8. The van der Waals surface area contributed by atoms with Gasteiger partial charge in [-0.3, -0.25) is 74.3 Å². The van der Waals surface area contributed by atoms with E-state index in [1.165, 1.54) is 6.92 Å². The van der Waals surface area contributed by atoms with Crippen molar-refractivity contribution in [3.05, 3.63) is 209 Å². The largest absolute Gasteiger partial charge is 0.475 e. The summed E-state index contributed by atoms with van der Waals surface area (Å²) in [6, 6.07) is 44.5. The minimum Gasteiger partial charge on any atom is -0.475 e. The van der Waals surface area contributed by atoms with E-state index in [0.717, 1.165) is 120 Å². The molecule has 6 atom stereocenters. The molecular weight excluding hydrogens is 1640 g/mol. The van der Waals surface area contributed by atoms with Gasteiger partial charge in [0, 0.05) is 38.4 Å². The molecule has 4 aliphatic rings. The number of aromatic amines is 3. The number of nitrogens with zero attached hydrogens (tertiary/aromatic N) is 8. The van der Waals surface area contributed by atoms with E-state index in [1.54, 1.807) is 7.05 Å². The zero-order valence-electron chi connectivity index (χ0n) is 71.1. The van der Waals surface area contributed by atoms with Crippen molar-refractivity contribution in [2.75, 3.05) is 49.7 Å². The van der Waals surface area contributed by atoms with Crippen molar-refractivity contribution in [3.63, 3.8) is 0 Å². The fourth-order valence-electron chi connectivity index (χ4n) is 16.0. The van der Waals surface area contributed by atoms with Gasteiger partial charge in [-0.2, -0.15) is 15.0 Å². The second-order valence-corrected chi connectivity index (χ2v) is 31.6. The Bertz CT molecular complexity index is 5280. The fourth-order valence-corrected chi connectivity index (χ4v) is 16.0. The average Bonchev–Trinajstić information content (AvgIpc) is 1.62. The molecule has 2 fully saturated rings. The van der Waals surface area contributed by atoms with Gasteiger partial charge in [-0.25, -0.2) is 14.4 Å². The van der Waals surface area contributed by atoms with E-state index in [-0.39, 0.29) is 122 Å². The topological polar surface area (TPSA) is 614 Å². The van der Waals surface area contributed by atoms with E-state index < -0.39 is 95.8 Å². The molecule has 2 saturated carbocycles. The summed E-state index contributed by atoms with van der Waals surface area (Å²) in [6.07, 6.45) is 10.7. The molecule has 3 heterocycles. The molecule has 39 nitrogen and oxygen atoms in total. The number of carbonyl (C=O) groups is 11. The van der Waals surface area contributed by atoms with Crippen LogP contribution in [0, 0.1) is 11.8 Å². The van der Waals surface area contributed by atoms with Crippen molar-refractivity contribution in [2.24, 2.45) is 44.8 Å². The first-order valence-corrected chi connectivity index (χ1v) is 42.6. The van der Waals surface area contributed by atoms with Crippen LogP contribution in [0.5, 0.6) is 0 Å².